The van der Waals surface area contributed by atoms with E-state index < -0.39 is 10.0 Å². The van der Waals surface area contributed by atoms with Crippen LogP contribution in [0, 0.1) is 0 Å². The minimum absolute atomic E-state index is 0.539. The first-order valence-corrected chi connectivity index (χ1v) is 9.98. The van der Waals surface area contributed by atoms with E-state index in [0.29, 0.717) is 13.1 Å². The van der Waals surface area contributed by atoms with Crippen molar-refractivity contribution in [2.75, 3.05) is 32.7 Å². The van der Waals surface area contributed by atoms with Gasteiger partial charge in [-0.1, -0.05) is 30.3 Å². The van der Waals surface area contributed by atoms with Crippen molar-refractivity contribution in [3.8, 4) is 0 Å². The molecule has 0 spiro atoms. The molecule has 0 saturated carbocycles. The predicted octanol–water partition coefficient (Wildman–Crippen LogP) is 2.24. The molecule has 1 aromatic carbocycles. The van der Waals surface area contributed by atoms with E-state index in [4.69, 9.17) is 0 Å². The highest BCUT2D eigenvalue weighted by Gasteiger charge is 2.24. The molecule has 0 radical (unpaired) electrons. The molecule has 5 nitrogen and oxygen atoms in total. The Morgan fingerprint density at radius 3 is 2.32 bits per heavy atom. The Morgan fingerprint density at radius 1 is 0.960 bits per heavy atom. The Kier molecular flexibility index (Phi) is 5.96. The second kappa shape index (κ2) is 8.38. The molecule has 0 atom stereocenters. The first-order chi connectivity index (χ1) is 12.1. The SMILES string of the molecule is O=S(=O)(/C=C/c1ccccc1)N1CCN(CCc2ccncc2)CC1. The second-order valence-electron chi connectivity index (χ2n) is 6.10. The molecular formula is C19H23N3O2S. The van der Waals surface area contributed by atoms with Gasteiger partial charge in [-0.05, 0) is 35.8 Å². The molecule has 0 aliphatic carbocycles. The third-order valence-electron chi connectivity index (χ3n) is 4.39. The Hall–Kier alpha value is -2.02. The first-order valence-electron chi connectivity index (χ1n) is 8.48. The van der Waals surface area contributed by atoms with E-state index in [0.717, 1.165) is 31.6 Å². The normalized spacial score (nSPS) is 17.1. The summed E-state index contributed by atoms with van der Waals surface area (Å²) in [6, 6.07) is 13.5. The summed E-state index contributed by atoms with van der Waals surface area (Å²) in [5.41, 5.74) is 2.15. The Balaban J connectivity index is 1.50. The number of rotatable bonds is 6. The van der Waals surface area contributed by atoms with E-state index in [1.165, 1.54) is 11.0 Å². The summed E-state index contributed by atoms with van der Waals surface area (Å²) in [6.07, 6.45) is 6.23. The maximum Gasteiger partial charge on any atom is 0.236 e. The van der Waals surface area contributed by atoms with Crippen molar-refractivity contribution in [3.63, 3.8) is 0 Å². The van der Waals surface area contributed by atoms with Gasteiger partial charge in [0.2, 0.25) is 10.0 Å². The van der Waals surface area contributed by atoms with Gasteiger partial charge in [-0.15, -0.1) is 0 Å². The van der Waals surface area contributed by atoms with Gasteiger partial charge in [0.15, 0.2) is 0 Å². The first kappa shape index (κ1) is 17.8. The lowest BCUT2D eigenvalue weighted by Gasteiger charge is -2.33. The summed E-state index contributed by atoms with van der Waals surface area (Å²) in [6.45, 7) is 3.56. The minimum Gasteiger partial charge on any atom is -0.300 e. The Labute approximate surface area is 149 Å². The van der Waals surface area contributed by atoms with Crippen LogP contribution in [0.1, 0.15) is 11.1 Å². The van der Waals surface area contributed by atoms with Gasteiger partial charge >= 0.3 is 0 Å². The molecule has 0 bridgehead atoms. The number of benzene rings is 1. The highest BCUT2D eigenvalue weighted by atomic mass is 32.2. The van der Waals surface area contributed by atoms with E-state index >= 15 is 0 Å². The molecule has 1 aromatic heterocycles. The number of sulfonamides is 1. The van der Waals surface area contributed by atoms with Crippen LogP contribution in [0.2, 0.25) is 0 Å². The van der Waals surface area contributed by atoms with E-state index in [-0.39, 0.29) is 0 Å². The molecule has 0 amide bonds. The fraction of sp³-hybridized carbons (Fsp3) is 0.316. The van der Waals surface area contributed by atoms with Gasteiger partial charge in [0.05, 0.1) is 0 Å². The number of hydrogen-bond acceptors (Lipinski definition) is 4. The molecule has 0 unspecified atom stereocenters. The third kappa shape index (κ3) is 5.22. The Morgan fingerprint density at radius 2 is 1.64 bits per heavy atom. The smallest absolute Gasteiger partial charge is 0.236 e. The van der Waals surface area contributed by atoms with Crippen molar-refractivity contribution in [1.82, 2.24) is 14.2 Å². The standard InChI is InChI=1S/C19H23N3O2S/c23-25(24,17-9-18-4-2-1-3-5-18)22-15-13-21(14-16-22)12-8-19-6-10-20-11-7-19/h1-7,9-11,17H,8,12-16H2/b17-9+. The largest absolute Gasteiger partial charge is 0.300 e. The maximum absolute atomic E-state index is 12.5. The van der Waals surface area contributed by atoms with Crippen molar-refractivity contribution in [1.29, 1.82) is 0 Å². The van der Waals surface area contributed by atoms with Crippen LogP contribution >= 0.6 is 0 Å². The van der Waals surface area contributed by atoms with Crippen LogP contribution in [0.5, 0.6) is 0 Å². The second-order valence-corrected chi connectivity index (χ2v) is 7.92. The number of piperazine rings is 1. The minimum atomic E-state index is -3.35. The average molecular weight is 357 g/mol. The Bertz CT molecular complexity index is 784. The lowest BCUT2D eigenvalue weighted by Crippen LogP contribution is -2.48. The average Bonchev–Trinajstić information content (AvgIpc) is 2.67. The van der Waals surface area contributed by atoms with Gasteiger partial charge in [0.1, 0.15) is 0 Å². The molecule has 6 heteroatoms. The van der Waals surface area contributed by atoms with Crippen molar-refractivity contribution < 1.29 is 8.42 Å². The van der Waals surface area contributed by atoms with Crippen LogP contribution in [0.15, 0.2) is 60.3 Å². The van der Waals surface area contributed by atoms with E-state index in [1.54, 1.807) is 22.8 Å². The summed E-state index contributed by atoms with van der Waals surface area (Å²) in [7, 11) is -3.35. The van der Waals surface area contributed by atoms with Gasteiger partial charge < -0.3 is 4.90 Å². The van der Waals surface area contributed by atoms with Gasteiger partial charge in [-0.3, -0.25) is 4.98 Å². The fourth-order valence-electron chi connectivity index (χ4n) is 2.86. The number of nitrogens with zero attached hydrogens (tertiary/aromatic N) is 3. The van der Waals surface area contributed by atoms with Gasteiger partial charge in [-0.2, -0.15) is 4.31 Å². The number of hydrogen-bond donors (Lipinski definition) is 0. The third-order valence-corrected chi connectivity index (χ3v) is 5.95. The molecular weight excluding hydrogens is 334 g/mol. The van der Waals surface area contributed by atoms with E-state index in [1.807, 2.05) is 42.5 Å². The molecule has 132 valence electrons. The van der Waals surface area contributed by atoms with Gasteiger partial charge in [0, 0.05) is 50.5 Å². The van der Waals surface area contributed by atoms with Crippen LogP contribution in [0.4, 0.5) is 0 Å². The monoisotopic (exact) mass is 357 g/mol. The molecule has 2 heterocycles. The maximum atomic E-state index is 12.5. The zero-order valence-electron chi connectivity index (χ0n) is 14.2. The molecule has 3 rings (SSSR count). The van der Waals surface area contributed by atoms with Crippen LogP contribution in [0.3, 0.4) is 0 Å². The molecule has 2 aromatic rings. The van der Waals surface area contributed by atoms with Gasteiger partial charge in [-0.25, -0.2) is 8.42 Å². The lowest BCUT2D eigenvalue weighted by molar-refractivity contribution is 0.191. The lowest BCUT2D eigenvalue weighted by atomic mass is 10.2. The highest BCUT2D eigenvalue weighted by Crippen LogP contribution is 2.12. The van der Waals surface area contributed by atoms with E-state index in [2.05, 4.69) is 9.88 Å². The summed E-state index contributed by atoms with van der Waals surface area (Å²) in [5, 5.41) is 1.31. The quantitative estimate of drug-likeness (QED) is 0.796. The van der Waals surface area contributed by atoms with Gasteiger partial charge in [0.25, 0.3) is 0 Å². The predicted molar refractivity (Wildman–Crippen MR) is 100 cm³/mol. The summed E-state index contributed by atoms with van der Waals surface area (Å²) in [4.78, 5) is 6.34. The van der Waals surface area contributed by atoms with Crippen LogP contribution < -0.4 is 0 Å². The topological polar surface area (TPSA) is 53.5 Å². The molecule has 1 aliphatic rings. The zero-order valence-corrected chi connectivity index (χ0v) is 15.0. The molecule has 25 heavy (non-hydrogen) atoms. The van der Waals surface area contributed by atoms with Crippen LogP contribution in [-0.4, -0.2) is 55.3 Å². The number of pyridine rings is 1. The van der Waals surface area contributed by atoms with Crippen molar-refractivity contribution in [2.45, 2.75) is 6.42 Å². The fourth-order valence-corrected chi connectivity index (χ4v) is 4.03. The molecule has 0 N–H and O–H groups in total. The molecule has 1 saturated heterocycles. The van der Waals surface area contributed by atoms with Crippen molar-refractivity contribution in [3.05, 3.63) is 71.4 Å². The summed E-state index contributed by atoms with van der Waals surface area (Å²) < 4.78 is 26.5. The van der Waals surface area contributed by atoms with Crippen LogP contribution in [0.25, 0.3) is 6.08 Å². The number of aromatic nitrogens is 1. The van der Waals surface area contributed by atoms with E-state index in [9.17, 15) is 8.42 Å². The summed E-state index contributed by atoms with van der Waals surface area (Å²) in [5.74, 6) is 0. The van der Waals surface area contributed by atoms with Crippen molar-refractivity contribution in [2.24, 2.45) is 0 Å². The highest BCUT2D eigenvalue weighted by molar-refractivity contribution is 7.92. The zero-order chi connectivity index (χ0) is 17.5. The summed E-state index contributed by atoms with van der Waals surface area (Å²) >= 11 is 0. The van der Waals surface area contributed by atoms with Crippen LogP contribution in [-0.2, 0) is 16.4 Å². The van der Waals surface area contributed by atoms with Crippen molar-refractivity contribution >= 4 is 16.1 Å². The molecule has 1 aliphatic heterocycles. The molecule has 1 fully saturated rings.